The maximum atomic E-state index is 12.1. The van der Waals surface area contributed by atoms with Crippen LogP contribution in [0.4, 0.5) is 4.79 Å². The van der Waals surface area contributed by atoms with Gasteiger partial charge < -0.3 is 19.7 Å². The molecule has 2 heterocycles. The number of fused-ring (bicyclic) bond motifs is 3. The minimum Gasteiger partial charge on any atom is -0.476 e. The molecule has 0 spiro atoms. The molecule has 154 valence electrons. The van der Waals surface area contributed by atoms with E-state index < -0.39 is 12.1 Å². The van der Waals surface area contributed by atoms with Crippen LogP contribution >= 0.6 is 11.3 Å². The average molecular weight is 424 g/mol. The van der Waals surface area contributed by atoms with Crippen molar-refractivity contribution in [1.29, 1.82) is 5.26 Å². The SMILES string of the molecule is CC(C)OC(=O)N[C@H]1Cc2c(n(Cc3scnc3C(=O)O)c3ccc(C#N)cc23)C1. The number of carboxylic acids is 1. The summed E-state index contributed by atoms with van der Waals surface area (Å²) in [6.45, 7) is 3.96. The molecule has 0 aliphatic heterocycles. The second-order valence-electron chi connectivity index (χ2n) is 7.49. The minimum absolute atomic E-state index is 0.0532. The van der Waals surface area contributed by atoms with E-state index in [2.05, 4.69) is 20.9 Å². The lowest BCUT2D eigenvalue weighted by Crippen LogP contribution is -2.37. The van der Waals surface area contributed by atoms with Crippen molar-refractivity contribution in [3.05, 3.63) is 51.1 Å². The molecule has 0 unspecified atom stereocenters. The number of rotatable bonds is 5. The second kappa shape index (κ2) is 7.80. The molecule has 9 heteroatoms. The van der Waals surface area contributed by atoms with Crippen LogP contribution in [-0.2, 0) is 24.1 Å². The molecule has 1 aliphatic carbocycles. The number of ether oxygens (including phenoxy) is 1. The average Bonchev–Trinajstić information content (AvgIpc) is 3.37. The predicted molar refractivity (Wildman–Crippen MR) is 111 cm³/mol. The Labute approximate surface area is 176 Å². The minimum atomic E-state index is -1.05. The van der Waals surface area contributed by atoms with E-state index in [0.717, 1.165) is 22.2 Å². The zero-order valence-corrected chi connectivity index (χ0v) is 17.3. The molecular formula is C21H20N4O4S. The molecule has 4 rings (SSSR count). The number of nitriles is 1. The van der Waals surface area contributed by atoms with Gasteiger partial charge in [0.1, 0.15) is 0 Å². The molecule has 30 heavy (non-hydrogen) atoms. The zero-order chi connectivity index (χ0) is 21.4. The number of benzene rings is 1. The van der Waals surface area contributed by atoms with E-state index in [1.807, 2.05) is 12.1 Å². The first kappa shape index (κ1) is 19.9. The number of hydrogen-bond acceptors (Lipinski definition) is 6. The van der Waals surface area contributed by atoms with Gasteiger partial charge >= 0.3 is 12.1 Å². The molecule has 0 bridgehead atoms. The Kier molecular flexibility index (Phi) is 5.18. The van der Waals surface area contributed by atoms with Crippen LogP contribution in [0.5, 0.6) is 0 Å². The van der Waals surface area contributed by atoms with Gasteiger partial charge in [0.05, 0.1) is 34.7 Å². The summed E-state index contributed by atoms with van der Waals surface area (Å²) < 4.78 is 7.27. The lowest BCUT2D eigenvalue weighted by molar-refractivity contribution is 0.0690. The Morgan fingerprint density at radius 1 is 1.43 bits per heavy atom. The van der Waals surface area contributed by atoms with Gasteiger partial charge in [0.15, 0.2) is 5.69 Å². The predicted octanol–water partition coefficient (Wildman–Crippen LogP) is 3.32. The molecular weight excluding hydrogens is 404 g/mol. The molecule has 0 fully saturated rings. The summed E-state index contributed by atoms with van der Waals surface area (Å²) in [6, 6.07) is 7.55. The van der Waals surface area contributed by atoms with E-state index in [9.17, 15) is 20.0 Å². The molecule has 0 radical (unpaired) electrons. The smallest absolute Gasteiger partial charge is 0.407 e. The van der Waals surface area contributed by atoms with Crippen LogP contribution < -0.4 is 5.32 Å². The number of hydrogen-bond donors (Lipinski definition) is 2. The zero-order valence-electron chi connectivity index (χ0n) is 16.5. The van der Waals surface area contributed by atoms with Crippen molar-refractivity contribution in [2.75, 3.05) is 0 Å². The molecule has 1 atom stereocenters. The summed E-state index contributed by atoms with van der Waals surface area (Å²) in [5.74, 6) is -1.05. The van der Waals surface area contributed by atoms with Crippen LogP contribution in [0.3, 0.4) is 0 Å². The summed E-state index contributed by atoms with van der Waals surface area (Å²) in [7, 11) is 0. The standard InChI is InChI=1S/C21H20N4O4S/c1-11(2)29-21(28)24-13-6-15-14-5-12(8-22)3-4-16(14)25(17(15)7-13)9-18-19(20(26)27)23-10-30-18/h3-5,10-11,13H,6-7,9H2,1-2H3,(H,24,28)(H,26,27)/t13-/m0/s1. The summed E-state index contributed by atoms with van der Waals surface area (Å²) in [4.78, 5) is 28.2. The first-order chi connectivity index (χ1) is 14.4. The molecule has 2 aromatic heterocycles. The van der Waals surface area contributed by atoms with Crippen molar-refractivity contribution in [2.45, 2.75) is 45.4 Å². The summed E-state index contributed by atoms with van der Waals surface area (Å²) >= 11 is 1.30. The van der Waals surface area contributed by atoms with Crippen LogP contribution in [0.15, 0.2) is 23.7 Å². The monoisotopic (exact) mass is 424 g/mol. The number of nitrogens with zero attached hydrogens (tertiary/aromatic N) is 3. The van der Waals surface area contributed by atoms with E-state index in [1.54, 1.807) is 19.9 Å². The number of nitrogens with one attached hydrogen (secondary N) is 1. The van der Waals surface area contributed by atoms with Gasteiger partial charge in [-0.15, -0.1) is 11.3 Å². The number of alkyl carbamates (subject to hydrolysis) is 1. The van der Waals surface area contributed by atoms with Gasteiger partial charge in [-0.05, 0) is 44.0 Å². The van der Waals surface area contributed by atoms with Crippen molar-refractivity contribution < 1.29 is 19.4 Å². The highest BCUT2D eigenvalue weighted by molar-refractivity contribution is 7.09. The number of carbonyl (C=O) groups is 2. The first-order valence-electron chi connectivity index (χ1n) is 9.54. The Morgan fingerprint density at radius 3 is 2.93 bits per heavy atom. The number of carbonyl (C=O) groups excluding carboxylic acids is 1. The van der Waals surface area contributed by atoms with E-state index in [1.165, 1.54) is 16.8 Å². The van der Waals surface area contributed by atoms with Crippen molar-refractivity contribution in [3.8, 4) is 6.07 Å². The molecule has 1 aromatic carbocycles. The van der Waals surface area contributed by atoms with Gasteiger partial charge in [-0.3, -0.25) is 0 Å². The summed E-state index contributed by atoms with van der Waals surface area (Å²) in [6.07, 6.45) is 0.558. The summed E-state index contributed by atoms with van der Waals surface area (Å²) in [5, 5.41) is 22.6. The van der Waals surface area contributed by atoms with Crippen LogP contribution in [0.25, 0.3) is 10.9 Å². The van der Waals surface area contributed by atoms with Gasteiger partial charge in [-0.2, -0.15) is 5.26 Å². The topological polar surface area (TPSA) is 117 Å². The number of thiazole rings is 1. The highest BCUT2D eigenvalue weighted by atomic mass is 32.1. The molecule has 0 saturated heterocycles. The third-order valence-corrected chi connectivity index (χ3v) is 5.93. The van der Waals surface area contributed by atoms with Gasteiger partial charge in [0.25, 0.3) is 0 Å². The molecule has 8 nitrogen and oxygen atoms in total. The Balaban J connectivity index is 1.72. The van der Waals surface area contributed by atoms with Gasteiger partial charge in [0.2, 0.25) is 0 Å². The maximum absolute atomic E-state index is 12.1. The fourth-order valence-corrected chi connectivity index (χ4v) is 4.70. The highest BCUT2D eigenvalue weighted by Gasteiger charge is 2.30. The normalized spacial score (nSPS) is 15.2. The Morgan fingerprint density at radius 2 is 2.23 bits per heavy atom. The number of aromatic nitrogens is 2. The lowest BCUT2D eigenvalue weighted by Gasteiger charge is -2.16. The summed E-state index contributed by atoms with van der Waals surface area (Å²) in [5.41, 5.74) is 5.18. The van der Waals surface area contributed by atoms with Crippen LogP contribution in [0.2, 0.25) is 0 Å². The van der Waals surface area contributed by atoms with E-state index >= 15 is 0 Å². The second-order valence-corrected chi connectivity index (χ2v) is 8.43. The number of amides is 1. The van der Waals surface area contributed by atoms with Gasteiger partial charge in [-0.25, -0.2) is 14.6 Å². The number of aromatic carboxylic acids is 1. The Hall–Kier alpha value is -3.38. The van der Waals surface area contributed by atoms with Crippen LogP contribution in [0.1, 0.15) is 46.0 Å². The van der Waals surface area contributed by atoms with Crippen LogP contribution in [0, 0.1) is 11.3 Å². The van der Waals surface area contributed by atoms with E-state index in [-0.39, 0.29) is 17.8 Å². The van der Waals surface area contributed by atoms with Crippen molar-refractivity contribution in [3.63, 3.8) is 0 Å². The molecule has 0 saturated carbocycles. The van der Waals surface area contributed by atoms with Gasteiger partial charge in [0, 0.05) is 29.1 Å². The molecule has 1 amide bonds. The largest absolute Gasteiger partial charge is 0.476 e. The quantitative estimate of drug-likeness (QED) is 0.649. The van der Waals surface area contributed by atoms with E-state index in [0.29, 0.717) is 29.8 Å². The molecule has 3 aromatic rings. The van der Waals surface area contributed by atoms with Gasteiger partial charge in [-0.1, -0.05) is 0 Å². The van der Waals surface area contributed by atoms with Crippen molar-refractivity contribution >= 4 is 34.3 Å². The third kappa shape index (κ3) is 3.62. The third-order valence-electron chi connectivity index (χ3n) is 5.12. The maximum Gasteiger partial charge on any atom is 0.407 e. The molecule has 1 aliphatic rings. The Bertz CT molecular complexity index is 1190. The van der Waals surface area contributed by atoms with E-state index in [4.69, 9.17) is 4.74 Å². The lowest BCUT2D eigenvalue weighted by atomic mass is 10.1. The molecule has 2 N–H and O–H groups in total. The first-order valence-corrected chi connectivity index (χ1v) is 10.4. The van der Waals surface area contributed by atoms with Crippen molar-refractivity contribution in [2.24, 2.45) is 0 Å². The van der Waals surface area contributed by atoms with Crippen molar-refractivity contribution in [1.82, 2.24) is 14.9 Å². The van der Waals surface area contributed by atoms with Crippen LogP contribution in [-0.4, -0.2) is 38.9 Å². The fraction of sp³-hybridized carbons (Fsp3) is 0.333. The number of carboxylic acid groups (broad SMARTS) is 1. The highest BCUT2D eigenvalue weighted by Crippen LogP contribution is 2.35. The fourth-order valence-electron chi connectivity index (χ4n) is 3.96.